The highest BCUT2D eigenvalue weighted by atomic mass is 19.1. The molecule has 3 aliphatic carbocycles. The summed E-state index contributed by atoms with van der Waals surface area (Å²) in [7, 11) is 0. The minimum atomic E-state index is -0.577. The second kappa shape index (κ2) is 10.3. The summed E-state index contributed by atoms with van der Waals surface area (Å²) >= 11 is 0. The van der Waals surface area contributed by atoms with Crippen LogP contribution >= 0.6 is 0 Å². The molecule has 0 bridgehead atoms. The molecule has 0 saturated heterocycles. The van der Waals surface area contributed by atoms with E-state index in [1.807, 2.05) is 6.92 Å². The summed E-state index contributed by atoms with van der Waals surface area (Å²) in [5.74, 6) is -0.709. The van der Waals surface area contributed by atoms with Crippen molar-refractivity contribution in [3.05, 3.63) is 35.6 Å². The molecule has 3 saturated carbocycles. The summed E-state index contributed by atoms with van der Waals surface area (Å²) in [6.07, 6.45) is 8.77. The molecule has 2 amide bonds. The number of halogens is 1. The van der Waals surface area contributed by atoms with Crippen LogP contribution in [0.1, 0.15) is 88.9 Å². The van der Waals surface area contributed by atoms with Gasteiger partial charge in [-0.1, -0.05) is 40.0 Å². The highest BCUT2D eigenvalue weighted by Gasteiger charge is 2.54. The number of aliphatic hydroxyl groups excluding tert-OH is 1. The van der Waals surface area contributed by atoms with Crippen LogP contribution in [0.15, 0.2) is 24.3 Å². The maximum atomic E-state index is 13.2. The van der Waals surface area contributed by atoms with E-state index in [1.54, 1.807) is 0 Å². The number of carbonyl (C=O) groups is 2. The standard InChI is InChI=1S/C28H41FN2O3/c1-17(26(33)30-21-7-5-4-6-8-21)22-13-15-28(3)16-14-23(18(2)24(28)25(22)32)31-27(34)19-9-11-20(29)12-10-19/h9-12,17-18,21-25,32H,4-8,13-16H2,1-3H3,(H,30,33)(H,31,34)/t17-,18+,22+,23-,24+,25-,28-/m0/s1. The monoisotopic (exact) mass is 472 g/mol. The van der Waals surface area contributed by atoms with E-state index in [-0.39, 0.29) is 58.8 Å². The van der Waals surface area contributed by atoms with Gasteiger partial charge in [0, 0.05) is 23.6 Å². The molecule has 1 aromatic carbocycles. The quantitative estimate of drug-likeness (QED) is 0.574. The zero-order valence-corrected chi connectivity index (χ0v) is 20.9. The first-order valence-corrected chi connectivity index (χ1v) is 13.2. The molecule has 0 spiro atoms. The van der Waals surface area contributed by atoms with Crippen LogP contribution in [0.5, 0.6) is 0 Å². The highest BCUT2D eigenvalue weighted by molar-refractivity contribution is 5.94. The summed E-state index contributed by atoms with van der Waals surface area (Å²) in [6.45, 7) is 6.35. The fourth-order valence-electron chi connectivity index (χ4n) is 7.12. The molecule has 7 atom stereocenters. The number of carbonyl (C=O) groups excluding carboxylic acids is 2. The molecule has 0 radical (unpaired) electrons. The summed E-state index contributed by atoms with van der Waals surface area (Å²) in [5, 5.41) is 18.0. The van der Waals surface area contributed by atoms with Gasteiger partial charge in [0.05, 0.1) is 6.10 Å². The van der Waals surface area contributed by atoms with Gasteiger partial charge >= 0.3 is 0 Å². The van der Waals surface area contributed by atoms with E-state index in [0.29, 0.717) is 5.56 Å². The molecule has 3 fully saturated rings. The average molecular weight is 473 g/mol. The average Bonchev–Trinajstić information content (AvgIpc) is 2.81. The van der Waals surface area contributed by atoms with Crippen LogP contribution in [-0.2, 0) is 4.79 Å². The van der Waals surface area contributed by atoms with Crippen LogP contribution < -0.4 is 10.6 Å². The molecule has 1 aromatic rings. The van der Waals surface area contributed by atoms with Gasteiger partial charge in [0.25, 0.3) is 5.91 Å². The highest BCUT2D eigenvalue weighted by Crippen LogP contribution is 2.55. The van der Waals surface area contributed by atoms with E-state index in [1.165, 1.54) is 43.5 Å². The van der Waals surface area contributed by atoms with Crippen LogP contribution in [0.2, 0.25) is 0 Å². The van der Waals surface area contributed by atoms with Crippen LogP contribution in [0, 0.1) is 34.9 Å². The topological polar surface area (TPSA) is 78.4 Å². The molecular weight excluding hydrogens is 431 g/mol. The fourth-order valence-corrected chi connectivity index (χ4v) is 7.12. The number of hydrogen-bond donors (Lipinski definition) is 3. The van der Waals surface area contributed by atoms with E-state index >= 15 is 0 Å². The van der Waals surface area contributed by atoms with Gasteiger partial charge in [0.2, 0.25) is 5.91 Å². The van der Waals surface area contributed by atoms with Gasteiger partial charge in [0.1, 0.15) is 5.82 Å². The predicted octanol–water partition coefficient (Wildman–Crippen LogP) is 4.83. The molecule has 0 heterocycles. The molecule has 3 N–H and O–H groups in total. The third-order valence-corrected chi connectivity index (χ3v) is 9.32. The number of rotatable bonds is 5. The fraction of sp³-hybridized carbons (Fsp3) is 0.714. The molecule has 0 aliphatic heterocycles. The normalized spacial score (nSPS) is 35.1. The van der Waals surface area contributed by atoms with Crippen LogP contribution in [0.4, 0.5) is 4.39 Å². The number of hydrogen-bond acceptors (Lipinski definition) is 3. The number of amides is 2. The first-order valence-electron chi connectivity index (χ1n) is 13.2. The van der Waals surface area contributed by atoms with Crippen molar-refractivity contribution in [3.63, 3.8) is 0 Å². The Morgan fingerprint density at radius 1 is 1.03 bits per heavy atom. The molecule has 34 heavy (non-hydrogen) atoms. The van der Waals surface area contributed by atoms with Crippen molar-refractivity contribution in [2.75, 3.05) is 0 Å². The second-order valence-electron chi connectivity index (χ2n) is 11.5. The van der Waals surface area contributed by atoms with E-state index in [0.717, 1.165) is 38.5 Å². The predicted molar refractivity (Wildman–Crippen MR) is 131 cm³/mol. The van der Waals surface area contributed by atoms with E-state index in [2.05, 4.69) is 24.5 Å². The zero-order chi connectivity index (χ0) is 24.5. The lowest BCUT2D eigenvalue weighted by Crippen LogP contribution is -2.58. The molecule has 0 unspecified atom stereocenters. The Hall–Kier alpha value is -1.95. The largest absolute Gasteiger partial charge is 0.392 e. The molecular formula is C28H41FN2O3. The van der Waals surface area contributed by atoms with Gasteiger partial charge in [0.15, 0.2) is 0 Å². The van der Waals surface area contributed by atoms with E-state index in [9.17, 15) is 19.1 Å². The van der Waals surface area contributed by atoms with Gasteiger partial charge in [-0.3, -0.25) is 9.59 Å². The van der Waals surface area contributed by atoms with Crippen molar-refractivity contribution in [2.45, 2.75) is 96.7 Å². The van der Waals surface area contributed by atoms with Crippen LogP contribution in [0.3, 0.4) is 0 Å². The SMILES string of the molecule is C[C@H]1[C@@H]2[C@@H](O)[C@@H]([C@H](C)C(=O)NC3CCCCC3)CC[C@@]2(C)CC[C@@H]1NC(=O)c1ccc(F)cc1. The molecule has 3 aliphatic rings. The Balaban J connectivity index is 1.43. The number of aliphatic hydroxyl groups is 1. The Kier molecular flexibility index (Phi) is 7.66. The summed E-state index contributed by atoms with van der Waals surface area (Å²) in [4.78, 5) is 25.9. The first kappa shape index (κ1) is 25.2. The first-order chi connectivity index (χ1) is 16.2. The van der Waals surface area contributed by atoms with Crippen molar-refractivity contribution in [2.24, 2.45) is 29.1 Å². The van der Waals surface area contributed by atoms with Crippen LogP contribution in [-0.4, -0.2) is 35.1 Å². The second-order valence-corrected chi connectivity index (χ2v) is 11.5. The number of benzene rings is 1. The maximum absolute atomic E-state index is 13.2. The van der Waals surface area contributed by atoms with Gasteiger partial charge in [-0.25, -0.2) is 4.39 Å². The lowest BCUT2D eigenvalue weighted by atomic mass is 9.51. The zero-order valence-electron chi connectivity index (χ0n) is 20.9. The van der Waals surface area contributed by atoms with Crippen LogP contribution in [0.25, 0.3) is 0 Å². The van der Waals surface area contributed by atoms with Gasteiger partial charge in [-0.05, 0) is 86.0 Å². The minimum Gasteiger partial charge on any atom is -0.392 e. The van der Waals surface area contributed by atoms with Crippen molar-refractivity contribution in [3.8, 4) is 0 Å². The Bertz CT molecular complexity index is 869. The smallest absolute Gasteiger partial charge is 0.251 e. The summed E-state index contributed by atoms with van der Waals surface area (Å²) in [6, 6.07) is 5.81. The Morgan fingerprint density at radius 2 is 1.68 bits per heavy atom. The number of nitrogens with one attached hydrogen (secondary N) is 2. The molecule has 188 valence electrons. The number of fused-ring (bicyclic) bond motifs is 1. The van der Waals surface area contributed by atoms with Crippen molar-refractivity contribution in [1.82, 2.24) is 10.6 Å². The maximum Gasteiger partial charge on any atom is 0.251 e. The lowest BCUT2D eigenvalue weighted by Gasteiger charge is -2.56. The van der Waals surface area contributed by atoms with Gasteiger partial charge in [-0.15, -0.1) is 0 Å². The molecule has 4 rings (SSSR count). The third kappa shape index (κ3) is 5.17. The van der Waals surface area contributed by atoms with E-state index < -0.39 is 6.10 Å². The van der Waals surface area contributed by atoms with Crippen molar-refractivity contribution < 1.29 is 19.1 Å². The van der Waals surface area contributed by atoms with Crippen molar-refractivity contribution >= 4 is 11.8 Å². The summed E-state index contributed by atoms with van der Waals surface area (Å²) < 4.78 is 13.2. The van der Waals surface area contributed by atoms with Gasteiger partial charge < -0.3 is 15.7 Å². The Labute approximate surface area is 203 Å². The van der Waals surface area contributed by atoms with E-state index in [4.69, 9.17) is 0 Å². The summed E-state index contributed by atoms with van der Waals surface area (Å²) in [5.41, 5.74) is 0.448. The molecule has 6 heteroatoms. The Morgan fingerprint density at radius 3 is 2.35 bits per heavy atom. The molecule has 0 aromatic heterocycles. The van der Waals surface area contributed by atoms with Crippen molar-refractivity contribution in [1.29, 1.82) is 0 Å². The lowest BCUT2D eigenvalue weighted by molar-refractivity contribution is -0.142. The minimum absolute atomic E-state index is 0.00595. The third-order valence-electron chi connectivity index (χ3n) is 9.32. The van der Waals surface area contributed by atoms with Gasteiger partial charge in [-0.2, -0.15) is 0 Å². The molecule has 5 nitrogen and oxygen atoms in total.